The first-order chi connectivity index (χ1) is 13.0. The van der Waals surface area contributed by atoms with Gasteiger partial charge in [0, 0.05) is 30.5 Å². The number of aromatic nitrogens is 3. The number of piperidine rings is 1. The molecule has 1 amide bonds. The van der Waals surface area contributed by atoms with Gasteiger partial charge < -0.3 is 19.3 Å². The van der Waals surface area contributed by atoms with Crippen LogP contribution in [0, 0.1) is 19.3 Å². The standard InChI is InChI=1S/C20H29N5O2/c1-4-24-10-9-22-18(24)13-25(17-12-20(17)5-7-21-8-6-20)19(26)11-16-14(2)23-27-15(16)3/h9-10,17,21H,4-8,11-13H2,1-3H3. The van der Waals surface area contributed by atoms with Gasteiger partial charge in [0.2, 0.25) is 5.91 Å². The van der Waals surface area contributed by atoms with Gasteiger partial charge in [-0.15, -0.1) is 0 Å². The third kappa shape index (κ3) is 3.40. The number of carbonyl (C=O) groups is 1. The molecule has 1 N–H and O–H groups in total. The zero-order chi connectivity index (χ0) is 19.0. The van der Waals surface area contributed by atoms with Crippen molar-refractivity contribution in [2.45, 2.75) is 65.6 Å². The molecule has 1 atom stereocenters. The van der Waals surface area contributed by atoms with E-state index in [1.807, 2.05) is 26.2 Å². The summed E-state index contributed by atoms with van der Waals surface area (Å²) in [6.45, 7) is 9.41. The van der Waals surface area contributed by atoms with Crippen molar-refractivity contribution in [3.8, 4) is 0 Å². The molecule has 1 aliphatic carbocycles. The quantitative estimate of drug-likeness (QED) is 0.843. The van der Waals surface area contributed by atoms with Crippen LogP contribution in [0.5, 0.6) is 0 Å². The highest BCUT2D eigenvalue weighted by atomic mass is 16.5. The van der Waals surface area contributed by atoms with Crippen molar-refractivity contribution in [1.29, 1.82) is 0 Å². The second-order valence-corrected chi connectivity index (χ2v) is 7.96. The number of imidazole rings is 1. The van der Waals surface area contributed by atoms with Crippen molar-refractivity contribution in [1.82, 2.24) is 24.9 Å². The highest BCUT2D eigenvalue weighted by Gasteiger charge is 2.57. The maximum absolute atomic E-state index is 13.4. The fourth-order valence-corrected chi connectivity index (χ4v) is 4.54. The third-order valence-corrected chi connectivity index (χ3v) is 6.41. The summed E-state index contributed by atoms with van der Waals surface area (Å²) in [7, 11) is 0. The fourth-order valence-electron chi connectivity index (χ4n) is 4.54. The lowest BCUT2D eigenvalue weighted by Crippen LogP contribution is -2.40. The summed E-state index contributed by atoms with van der Waals surface area (Å²) in [6, 6.07) is 0.314. The summed E-state index contributed by atoms with van der Waals surface area (Å²) in [5.74, 6) is 1.85. The molecule has 2 aromatic rings. The van der Waals surface area contributed by atoms with E-state index in [9.17, 15) is 4.79 Å². The Kier molecular flexibility index (Phi) is 4.80. The molecular weight excluding hydrogens is 342 g/mol. The molecule has 7 nitrogen and oxygen atoms in total. The SMILES string of the molecule is CCn1ccnc1CN(C(=O)Cc1c(C)noc1C)C1CC12CCNCC2. The van der Waals surface area contributed by atoms with E-state index in [2.05, 4.69) is 31.8 Å². The van der Waals surface area contributed by atoms with Crippen LogP contribution < -0.4 is 5.32 Å². The van der Waals surface area contributed by atoms with Crippen molar-refractivity contribution in [3.05, 3.63) is 35.2 Å². The van der Waals surface area contributed by atoms with Crippen molar-refractivity contribution in [2.75, 3.05) is 13.1 Å². The number of rotatable bonds is 6. The molecule has 1 spiro atoms. The molecule has 1 aliphatic heterocycles. The van der Waals surface area contributed by atoms with Crippen LogP contribution in [-0.4, -0.2) is 44.6 Å². The Morgan fingerprint density at radius 2 is 2.19 bits per heavy atom. The van der Waals surface area contributed by atoms with E-state index in [-0.39, 0.29) is 5.91 Å². The van der Waals surface area contributed by atoms with E-state index in [1.165, 1.54) is 0 Å². The number of hydrogen-bond donors (Lipinski definition) is 1. The highest BCUT2D eigenvalue weighted by Crippen LogP contribution is 2.56. The van der Waals surface area contributed by atoms with Crippen LogP contribution >= 0.6 is 0 Å². The van der Waals surface area contributed by atoms with Gasteiger partial charge in [0.25, 0.3) is 0 Å². The summed E-state index contributed by atoms with van der Waals surface area (Å²) in [5.41, 5.74) is 2.02. The molecule has 4 rings (SSSR count). The molecule has 0 bridgehead atoms. The van der Waals surface area contributed by atoms with Gasteiger partial charge in [0.15, 0.2) is 0 Å². The Balaban J connectivity index is 1.57. The van der Waals surface area contributed by atoms with E-state index >= 15 is 0 Å². The minimum absolute atomic E-state index is 0.149. The monoisotopic (exact) mass is 371 g/mol. The van der Waals surface area contributed by atoms with E-state index in [4.69, 9.17) is 4.52 Å². The molecule has 2 aromatic heterocycles. The van der Waals surface area contributed by atoms with Crippen LogP contribution in [-0.2, 0) is 24.3 Å². The Bertz CT molecular complexity index is 799. The molecule has 27 heavy (non-hydrogen) atoms. The second-order valence-electron chi connectivity index (χ2n) is 7.96. The van der Waals surface area contributed by atoms with E-state index in [0.717, 1.165) is 61.7 Å². The van der Waals surface area contributed by atoms with Crippen molar-refractivity contribution >= 4 is 5.91 Å². The van der Waals surface area contributed by atoms with Crippen LogP contribution in [0.2, 0.25) is 0 Å². The van der Waals surface area contributed by atoms with Gasteiger partial charge in [0.05, 0.1) is 18.7 Å². The summed E-state index contributed by atoms with van der Waals surface area (Å²) >= 11 is 0. The van der Waals surface area contributed by atoms with E-state index in [0.29, 0.717) is 24.4 Å². The molecule has 3 heterocycles. The highest BCUT2D eigenvalue weighted by molar-refractivity contribution is 5.80. The fraction of sp³-hybridized carbons (Fsp3) is 0.650. The molecule has 146 valence electrons. The largest absolute Gasteiger partial charge is 0.361 e. The molecule has 2 aliphatic rings. The lowest BCUT2D eigenvalue weighted by Gasteiger charge is -2.29. The number of nitrogens with one attached hydrogen (secondary N) is 1. The lowest BCUT2D eigenvalue weighted by molar-refractivity contribution is -0.132. The van der Waals surface area contributed by atoms with Gasteiger partial charge in [-0.3, -0.25) is 4.79 Å². The molecule has 1 unspecified atom stereocenters. The summed E-state index contributed by atoms with van der Waals surface area (Å²) in [5, 5.41) is 7.45. The topological polar surface area (TPSA) is 76.2 Å². The average molecular weight is 371 g/mol. The predicted molar refractivity (Wildman–Crippen MR) is 101 cm³/mol. The van der Waals surface area contributed by atoms with Crippen LogP contribution in [0.25, 0.3) is 0 Å². The first-order valence-electron chi connectivity index (χ1n) is 9.96. The van der Waals surface area contributed by atoms with Gasteiger partial charge in [0.1, 0.15) is 11.6 Å². The van der Waals surface area contributed by atoms with Gasteiger partial charge in [-0.05, 0) is 58.5 Å². The van der Waals surface area contributed by atoms with Crippen LogP contribution in [0.1, 0.15) is 49.0 Å². The first-order valence-corrected chi connectivity index (χ1v) is 9.96. The summed E-state index contributed by atoms with van der Waals surface area (Å²) < 4.78 is 7.38. The maximum Gasteiger partial charge on any atom is 0.227 e. The molecule has 1 saturated carbocycles. The molecule has 7 heteroatoms. The smallest absolute Gasteiger partial charge is 0.227 e. The van der Waals surface area contributed by atoms with Crippen LogP contribution in [0.3, 0.4) is 0 Å². The number of hydrogen-bond acceptors (Lipinski definition) is 5. The van der Waals surface area contributed by atoms with E-state index in [1.54, 1.807) is 0 Å². The molecular formula is C20H29N5O2. The Morgan fingerprint density at radius 1 is 1.41 bits per heavy atom. The minimum Gasteiger partial charge on any atom is -0.361 e. The average Bonchev–Trinajstić information content (AvgIpc) is 3.00. The van der Waals surface area contributed by atoms with Crippen LogP contribution in [0.15, 0.2) is 16.9 Å². The molecule has 1 saturated heterocycles. The summed E-state index contributed by atoms with van der Waals surface area (Å²) in [4.78, 5) is 19.9. The Labute approximate surface area is 160 Å². The molecule has 2 fully saturated rings. The van der Waals surface area contributed by atoms with Crippen molar-refractivity contribution < 1.29 is 9.32 Å². The zero-order valence-corrected chi connectivity index (χ0v) is 16.5. The lowest BCUT2D eigenvalue weighted by atomic mass is 9.93. The first kappa shape index (κ1) is 18.2. The normalized spacial score (nSPS) is 20.8. The summed E-state index contributed by atoms with van der Waals surface area (Å²) in [6.07, 6.45) is 7.56. The minimum atomic E-state index is 0.149. The Hall–Kier alpha value is -2.15. The predicted octanol–water partition coefficient (Wildman–Crippen LogP) is 2.22. The number of aryl methyl sites for hydroxylation is 3. The second kappa shape index (κ2) is 7.11. The van der Waals surface area contributed by atoms with Gasteiger partial charge in [-0.25, -0.2) is 4.98 Å². The van der Waals surface area contributed by atoms with E-state index < -0.39 is 0 Å². The number of amides is 1. The van der Waals surface area contributed by atoms with Crippen LogP contribution in [0.4, 0.5) is 0 Å². The Morgan fingerprint density at radius 3 is 2.85 bits per heavy atom. The number of carbonyl (C=O) groups excluding carboxylic acids is 1. The maximum atomic E-state index is 13.4. The number of nitrogens with zero attached hydrogens (tertiary/aromatic N) is 4. The van der Waals surface area contributed by atoms with Crippen molar-refractivity contribution in [2.24, 2.45) is 5.41 Å². The third-order valence-electron chi connectivity index (χ3n) is 6.41. The van der Waals surface area contributed by atoms with Gasteiger partial charge in [-0.1, -0.05) is 5.16 Å². The molecule has 0 radical (unpaired) electrons. The molecule has 0 aromatic carbocycles. The van der Waals surface area contributed by atoms with Gasteiger partial charge >= 0.3 is 0 Å². The van der Waals surface area contributed by atoms with Crippen molar-refractivity contribution in [3.63, 3.8) is 0 Å². The zero-order valence-electron chi connectivity index (χ0n) is 16.5. The van der Waals surface area contributed by atoms with Gasteiger partial charge in [-0.2, -0.15) is 0 Å².